The molecule has 0 unspecified atom stereocenters. The molecule has 162 valence electrons. The molecule has 0 atom stereocenters. The Bertz CT molecular complexity index is 1200. The zero-order valence-corrected chi connectivity index (χ0v) is 18.7. The summed E-state index contributed by atoms with van der Waals surface area (Å²) in [6.07, 6.45) is 1.53. The fraction of sp³-hybridized carbons (Fsp3) is 0.130. The third-order valence-corrected chi connectivity index (χ3v) is 5.38. The van der Waals surface area contributed by atoms with Gasteiger partial charge in [-0.3, -0.25) is 14.6 Å². The monoisotopic (exact) mass is 495 g/mol. The van der Waals surface area contributed by atoms with Gasteiger partial charge in [0.15, 0.2) is 0 Å². The maximum Gasteiger partial charge on any atom is 0.259 e. The van der Waals surface area contributed by atoms with Crippen LogP contribution in [0, 0.1) is 5.82 Å². The summed E-state index contributed by atoms with van der Waals surface area (Å²) in [5.74, 6) is -0.415. The number of nitrogens with zero attached hydrogens (tertiary/aromatic N) is 3. The van der Waals surface area contributed by atoms with Crippen LogP contribution in [0.2, 0.25) is 0 Å². The van der Waals surface area contributed by atoms with E-state index in [0.29, 0.717) is 11.4 Å². The summed E-state index contributed by atoms with van der Waals surface area (Å²) >= 11 is 3.27. The summed E-state index contributed by atoms with van der Waals surface area (Å²) < 4.78 is 14.6. The summed E-state index contributed by atoms with van der Waals surface area (Å²) in [5.41, 5.74) is 1.50. The van der Waals surface area contributed by atoms with Crippen LogP contribution in [0.4, 0.5) is 15.9 Å². The first-order valence-electron chi connectivity index (χ1n) is 9.80. The van der Waals surface area contributed by atoms with Crippen molar-refractivity contribution in [2.45, 2.75) is 0 Å². The molecule has 0 aliphatic carbocycles. The molecule has 9 heteroatoms. The summed E-state index contributed by atoms with van der Waals surface area (Å²) in [5, 5.41) is 5.29. The fourth-order valence-electron chi connectivity index (χ4n) is 3.26. The van der Waals surface area contributed by atoms with E-state index in [2.05, 4.69) is 41.4 Å². The van der Waals surface area contributed by atoms with Gasteiger partial charge in [0.1, 0.15) is 17.5 Å². The lowest BCUT2D eigenvalue weighted by molar-refractivity contribution is 0.102. The average Bonchev–Trinajstić information content (AvgIpc) is 3.22. The number of hydrogen-bond donors (Lipinski definition) is 2. The highest BCUT2D eigenvalue weighted by molar-refractivity contribution is 9.10. The Balaban J connectivity index is 1.52. The number of carbonyl (C=O) groups is 2. The average molecular weight is 496 g/mol. The van der Waals surface area contributed by atoms with Crippen LogP contribution in [-0.4, -0.2) is 47.7 Å². The predicted octanol–water partition coefficient (Wildman–Crippen LogP) is 4.18. The van der Waals surface area contributed by atoms with E-state index in [1.807, 2.05) is 19.2 Å². The lowest BCUT2D eigenvalue weighted by Crippen LogP contribution is -2.23. The molecule has 0 spiro atoms. The smallest absolute Gasteiger partial charge is 0.259 e. The van der Waals surface area contributed by atoms with E-state index in [1.54, 1.807) is 24.3 Å². The third kappa shape index (κ3) is 4.83. The van der Waals surface area contributed by atoms with Gasteiger partial charge in [-0.05, 0) is 58.4 Å². The first kappa shape index (κ1) is 21.6. The molecular weight excluding hydrogens is 477 g/mol. The molecule has 2 N–H and O–H groups in total. The van der Waals surface area contributed by atoms with Crippen molar-refractivity contribution in [3.05, 3.63) is 87.8 Å². The molecule has 0 radical (unpaired) electrons. The lowest BCUT2D eigenvalue weighted by Gasteiger charge is -2.14. The number of benzene rings is 2. The van der Waals surface area contributed by atoms with E-state index < -0.39 is 17.6 Å². The Kier molecular flexibility index (Phi) is 6.27. The van der Waals surface area contributed by atoms with Gasteiger partial charge in [-0.15, -0.1) is 0 Å². The number of aromatic nitrogens is 1. The molecule has 7 nitrogen and oxygen atoms in total. The normalized spacial score (nSPS) is 13.0. The quantitative estimate of drug-likeness (QED) is 0.555. The fourth-order valence-corrected chi connectivity index (χ4v) is 3.49. The van der Waals surface area contributed by atoms with Crippen LogP contribution >= 0.6 is 15.9 Å². The largest absolute Gasteiger partial charge is 0.358 e. The van der Waals surface area contributed by atoms with E-state index in [1.165, 1.54) is 18.3 Å². The minimum absolute atomic E-state index is 0.0124. The number of anilines is 2. The molecule has 4 rings (SSSR count). The van der Waals surface area contributed by atoms with Gasteiger partial charge in [0.05, 0.1) is 17.8 Å². The van der Waals surface area contributed by atoms with Gasteiger partial charge in [-0.2, -0.15) is 0 Å². The van der Waals surface area contributed by atoms with Crippen LogP contribution in [-0.2, 0) is 0 Å². The van der Waals surface area contributed by atoms with Crippen LogP contribution in [0.3, 0.4) is 0 Å². The number of amidine groups is 1. The van der Waals surface area contributed by atoms with Crippen molar-refractivity contribution in [2.75, 3.05) is 30.8 Å². The molecule has 0 bridgehead atoms. The van der Waals surface area contributed by atoms with Gasteiger partial charge in [0.25, 0.3) is 11.8 Å². The highest BCUT2D eigenvalue weighted by Crippen LogP contribution is 2.21. The van der Waals surface area contributed by atoms with E-state index in [0.717, 1.165) is 35.0 Å². The molecule has 1 aliphatic heterocycles. The Labute approximate surface area is 192 Å². The number of rotatable bonds is 5. The standard InChI is InChI=1S/C23H19BrFN5O2/c1-30-11-10-26-21(30)14-2-4-15(5-3-14)22(31)28-19-8-7-17(25)12-18(19)23(32)29-20-9-6-16(24)13-27-20/h2-9,12-13H,10-11H2,1H3,(H,28,31)(H,27,29,32). The number of hydrogen-bond acceptors (Lipinski definition) is 5. The zero-order chi connectivity index (χ0) is 22.7. The highest BCUT2D eigenvalue weighted by Gasteiger charge is 2.18. The summed E-state index contributed by atoms with van der Waals surface area (Å²) in [6.45, 7) is 1.61. The Morgan fingerprint density at radius 2 is 1.81 bits per heavy atom. The van der Waals surface area contributed by atoms with Crippen LogP contribution in [0.1, 0.15) is 26.3 Å². The number of likely N-dealkylation sites (N-methyl/N-ethyl adjacent to an activating group) is 1. The first-order valence-corrected chi connectivity index (χ1v) is 10.6. The molecule has 1 aromatic heterocycles. The molecule has 1 aliphatic rings. The Morgan fingerprint density at radius 3 is 2.47 bits per heavy atom. The van der Waals surface area contributed by atoms with Gasteiger partial charge in [0.2, 0.25) is 0 Å². The van der Waals surface area contributed by atoms with Crippen LogP contribution in [0.25, 0.3) is 0 Å². The minimum atomic E-state index is -0.595. The lowest BCUT2D eigenvalue weighted by atomic mass is 10.1. The van der Waals surface area contributed by atoms with E-state index in [-0.39, 0.29) is 11.3 Å². The maximum absolute atomic E-state index is 13.9. The second kappa shape index (κ2) is 9.27. The zero-order valence-electron chi connectivity index (χ0n) is 17.1. The number of aliphatic imine (C=N–C) groups is 1. The van der Waals surface area contributed by atoms with Gasteiger partial charge in [-0.25, -0.2) is 9.37 Å². The number of pyridine rings is 1. The molecule has 2 heterocycles. The maximum atomic E-state index is 13.9. The van der Waals surface area contributed by atoms with Gasteiger partial charge in [-0.1, -0.05) is 12.1 Å². The first-order chi connectivity index (χ1) is 15.4. The van der Waals surface area contributed by atoms with Crippen LogP contribution in [0.15, 0.2) is 70.3 Å². The van der Waals surface area contributed by atoms with Gasteiger partial charge in [0, 0.05) is 35.4 Å². The number of halogens is 2. The van der Waals surface area contributed by atoms with Crippen molar-refractivity contribution in [3.63, 3.8) is 0 Å². The van der Waals surface area contributed by atoms with Crippen molar-refractivity contribution in [2.24, 2.45) is 4.99 Å². The van der Waals surface area contributed by atoms with Gasteiger partial charge >= 0.3 is 0 Å². The number of carbonyl (C=O) groups excluding carboxylic acids is 2. The van der Waals surface area contributed by atoms with Crippen LogP contribution < -0.4 is 10.6 Å². The molecule has 0 saturated carbocycles. The number of amides is 2. The number of nitrogens with one attached hydrogen (secondary N) is 2. The summed E-state index contributed by atoms with van der Waals surface area (Å²) in [4.78, 5) is 36.1. The van der Waals surface area contributed by atoms with Crippen molar-refractivity contribution in [1.29, 1.82) is 0 Å². The highest BCUT2D eigenvalue weighted by atomic mass is 79.9. The van der Waals surface area contributed by atoms with Crippen molar-refractivity contribution < 1.29 is 14.0 Å². The van der Waals surface area contributed by atoms with Gasteiger partial charge < -0.3 is 15.5 Å². The van der Waals surface area contributed by atoms with Crippen LogP contribution in [0.5, 0.6) is 0 Å². The second-order valence-electron chi connectivity index (χ2n) is 7.16. The Hall–Kier alpha value is -3.59. The minimum Gasteiger partial charge on any atom is -0.358 e. The molecule has 2 aromatic carbocycles. The van der Waals surface area contributed by atoms with E-state index >= 15 is 0 Å². The summed E-state index contributed by atoms with van der Waals surface area (Å²) in [6, 6.07) is 14.0. The topological polar surface area (TPSA) is 86.7 Å². The second-order valence-corrected chi connectivity index (χ2v) is 8.08. The molecule has 3 aromatic rings. The van der Waals surface area contributed by atoms with E-state index in [9.17, 15) is 14.0 Å². The molecular formula is C23H19BrFN5O2. The van der Waals surface area contributed by atoms with E-state index in [4.69, 9.17) is 0 Å². The third-order valence-electron chi connectivity index (χ3n) is 4.91. The van der Waals surface area contributed by atoms with Crippen molar-refractivity contribution >= 4 is 45.1 Å². The van der Waals surface area contributed by atoms with Crippen molar-refractivity contribution in [1.82, 2.24) is 9.88 Å². The Morgan fingerprint density at radius 1 is 1.03 bits per heavy atom. The SMILES string of the molecule is CN1CCN=C1c1ccc(C(=O)Nc2ccc(F)cc2C(=O)Nc2ccc(Br)cn2)cc1. The van der Waals surface area contributed by atoms with Crippen molar-refractivity contribution in [3.8, 4) is 0 Å². The molecule has 32 heavy (non-hydrogen) atoms. The summed E-state index contributed by atoms with van der Waals surface area (Å²) in [7, 11) is 1.97. The molecule has 2 amide bonds. The molecule has 0 fully saturated rings. The predicted molar refractivity (Wildman–Crippen MR) is 125 cm³/mol. The molecule has 0 saturated heterocycles.